The zero-order valence-corrected chi connectivity index (χ0v) is 16.7. The Morgan fingerprint density at radius 1 is 1.10 bits per heavy atom. The highest BCUT2D eigenvalue weighted by molar-refractivity contribution is 5.76. The van der Waals surface area contributed by atoms with Crippen molar-refractivity contribution in [2.45, 2.75) is 26.3 Å². The monoisotopic (exact) mass is 391 g/mol. The first-order valence-electron chi connectivity index (χ1n) is 9.66. The molecule has 0 radical (unpaired) electrons. The number of aromatic nitrogens is 2. The highest BCUT2D eigenvalue weighted by Gasteiger charge is 2.13. The predicted octanol–water partition coefficient (Wildman–Crippen LogP) is 2.84. The number of carbonyl (C=O) groups excluding carboxylic acids is 1. The Kier molecular flexibility index (Phi) is 6.79. The van der Waals surface area contributed by atoms with Crippen LogP contribution in [0.3, 0.4) is 0 Å². The van der Waals surface area contributed by atoms with Crippen LogP contribution in [0.2, 0.25) is 0 Å². The average molecular weight is 391 g/mol. The molecule has 6 heteroatoms. The summed E-state index contributed by atoms with van der Waals surface area (Å²) in [5.41, 5.74) is 2.40. The molecule has 0 unspecified atom stereocenters. The number of aryl methyl sites for hydroxylation is 1. The van der Waals surface area contributed by atoms with E-state index >= 15 is 0 Å². The van der Waals surface area contributed by atoms with Crippen molar-refractivity contribution in [3.63, 3.8) is 0 Å². The first-order valence-corrected chi connectivity index (χ1v) is 9.66. The van der Waals surface area contributed by atoms with Gasteiger partial charge >= 0.3 is 0 Å². The standard InChI is InChI=1S/C23H25N3O3/c1-3-19-15-22(28)26(23(25-19)18-7-5-4-6-8-18)16-21(27)24-14-13-17-9-11-20(29-2)12-10-17/h4-12,15H,3,13-14,16H2,1-2H3,(H,24,27). The Balaban J connectivity index is 1.70. The van der Waals surface area contributed by atoms with Crippen LogP contribution in [-0.4, -0.2) is 29.1 Å². The van der Waals surface area contributed by atoms with E-state index in [9.17, 15) is 9.59 Å². The summed E-state index contributed by atoms with van der Waals surface area (Å²) >= 11 is 0. The molecule has 1 heterocycles. The van der Waals surface area contributed by atoms with Gasteiger partial charge in [-0.3, -0.25) is 14.2 Å². The molecule has 0 spiro atoms. The van der Waals surface area contributed by atoms with E-state index in [1.54, 1.807) is 7.11 Å². The van der Waals surface area contributed by atoms with Crippen molar-refractivity contribution in [2.24, 2.45) is 0 Å². The molecule has 0 bridgehead atoms. The van der Waals surface area contributed by atoms with Gasteiger partial charge in [0.1, 0.15) is 18.1 Å². The van der Waals surface area contributed by atoms with E-state index < -0.39 is 0 Å². The van der Waals surface area contributed by atoms with Crippen LogP contribution in [0, 0.1) is 0 Å². The fraction of sp³-hybridized carbons (Fsp3) is 0.261. The fourth-order valence-electron chi connectivity index (χ4n) is 3.03. The van der Waals surface area contributed by atoms with Gasteiger partial charge in [0, 0.05) is 23.9 Å². The normalized spacial score (nSPS) is 10.6. The van der Waals surface area contributed by atoms with E-state index in [0.29, 0.717) is 30.9 Å². The summed E-state index contributed by atoms with van der Waals surface area (Å²) in [6.07, 6.45) is 1.35. The van der Waals surface area contributed by atoms with Gasteiger partial charge in [0.05, 0.1) is 7.11 Å². The summed E-state index contributed by atoms with van der Waals surface area (Å²) in [6, 6.07) is 18.7. The highest BCUT2D eigenvalue weighted by atomic mass is 16.5. The zero-order chi connectivity index (χ0) is 20.6. The lowest BCUT2D eigenvalue weighted by Gasteiger charge is -2.13. The maximum Gasteiger partial charge on any atom is 0.254 e. The van der Waals surface area contributed by atoms with Gasteiger partial charge in [0.25, 0.3) is 5.56 Å². The molecule has 6 nitrogen and oxygen atoms in total. The average Bonchev–Trinajstić information content (AvgIpc) is 2.76. The summed E-state index contributed by atoms with van der Waals surface area (Å²) in [5.74, 6) is 1.10. The lowest BCUT2D eigenvalue weighted by atomic mass is 10.1. The Bertz CT molecular complexity index is 1010. The SMILES string of the molecule is CCc1cc(=O)n(CC(=O)NCCc2ccc(OC)cc2)c(-c2ccccc2)n1. The molecule has 29 heavy (non-hydrogen) atoms. The maximum absolute atomic E-state index is 12.6. The smallest absolute Gasteiger partial charge is 0.254 e. The number of ether oxygens (including phenoxy) is 1. The van der Waals surface area contributed by atoms with Crippen molar-refractivity contribution in [3.05, 3.63) is 82.3 Å². The minimum absolute atomic E-state index is 0.0668. The molecule has 1 amide bonds. The number of hydrogen-bond acceptors (Lipinski definition) is 4. The number of benzene rings is 2. The minimum Gasteiger partial charge on any atom is -0.497 e. The molecule has 1 aromatic heterocycles. The van der Waals surface area contributed by atoms with Crippen molar-refractivity contribution < 1.29 is 9.53 Å². The predicted molar refractivity (Wildman–Crippen MR) is 113 cm³/mol. The van der Waals surface area contributed by atoms with E-state index in [0.717, 1.165) is 16.9 Å². The second-order valence-corrected chi connectivity index (χ2v) is 6.66. The molecule has 150 valence electrons. The number of nitrogens with one attached hydrogen (secondary N) is 1. The number of nitrogens with zero attached hydrogens (tertiary/aromatic N) is 2. The number of carbonyl (C=O) groups is 1. The van der Waals surface area contributed by atoms with E-state index in [2.05, 4.69) is 10.3 Å². The van der Waals surface area contributed by atoms with Crippen molar-refractivity contribution in [1.29, 1.82) is 0 Å². The molecule has 0 aliphatic heterocycles. The summed E-state index contributed by atoms with van der Waals surface area (Å²) in [7, 11) is 1.63. The molecule has 3 rings (SSSR count). The van der Waals surface area contributed by atoms with Crippen molar-refractivity contribution in [3.8, 4) is 17.1 Å². The third-order valence-electron chi connectivity index (χ3n) is 4.65. The molecule has 2 aromatic carbocycles. The quantitative estimate of drug-likeness (QED) is 0.641. The third-order valence-corrected chi connectivity index (χ3v) is 4.65. The molecule has 0 atom stereocenters. The topological polar surface area (TPSA) is 73.2 Å². The van der Waals surface area contributed by atoms with E-state index in [1.807, 2.05) is 61.5 Å². The van der Waals surface area contributed by atoms with Crippen LogP contribution < -0.4 is 15.6 Å². The first kappa shape index (κ1) is 20.3. The molecule has 0 aliphatic rings. The number of amides is 1. The highest BCUT2D eigenvalue weighted by Crippen LogP contribution is 2.16. The van der Waals surface area contributed by atoms with Gasteiger partial charge in [0.2, 0.25) is 5.91 Å². The van der Waals surface area contributed by atoms with E-state index in [-0.39, 0.29) is 18.0 Å². The molecule has 1 N–H and O–H groups in total. The van der Waals surface area contributed by atoms with Gasteiger partial charge in [-0.25, -0.2) is 4.98 Å². The second kappa shape index (κ2) is 9.68. The minimum atomic E-state index is -0.221. The lowest BCUT2D eigenvalue weighted by Crippen LogP contribution is -2.34. The van der Waals surface area contributed by atoms with E-state index in [1.165, 1.54) is 10.6 Å². The number of rotatable bonds is 8. The summed E-state index contributed by atoms with van der Waals surface area (Å²) in [4.78, 5) is 29.7. The van der Waals surface area contributed by atoms with E-state index in [4.69, 9.17) is 4.74 Å². The Morgan fingerprint density at radius 3 is 2.48 bits per heavy atom. The molecule has 0 saturated carbocycles. The maximum atomic E-state index is 12.6. The fourth-order valence-corrected chi connectivity index (χ4v) is 3.03. The van der Waals surface area contributed by atoms with Crippen LogP contribution in [0.4, 0.5) is 0 Å². The summed E-state index contributed by atoms with van der Waals surface area (Å²) in [6.45, 7) is 2.37. The Labute approximate surface area is 170 Å². The van der Waals surface area contributed by atoms with Gasteiger partial charge in [-0.15, -0.1) is 0 Å². The van der Waals surface area contributed by atoms with Crippen LogP contribution in [-0.2, 0) is 24.2 Å². The second-order valence-electron chi connectivity index (χ2n) is 6.66. The van der Waals surface area contributed by atoms with Crippen LogP contribution in [0.5, 0.6) is 5.75 Å². The Hall–Kier alpha value is -3.41. The largest absolute Gasteiger partial charge is 0.497 e. The lowest BCUT2D eigenvalue weighted by molar-refractivity contribution is -0.121. The molecule has 0 fully saturated rings. The number of methoxy groups -OCH3 is 1. The van der Waals surface area contributed by atoms with Gasteiger partial charge < -0.3 is 10.1 Å². The van der Waals surface area contributed by atoms with Gasteiger partial charge in [-0.1, -0.05) is 49.4 Å². The third kappa shape index (κ3) is 5.31. The number of hydrogen-bond donors (Lipinski definition) is 1. The molecule has 0 saturated heterocycles. The van der Waals surface area contributed by atoms with Crippen LogP contribution >= 0.6 is 0 Å². The van der Waals surface area contributed by atoms with Crippen LogP contribution in [0.1, 0.15) is 18.2 Å². The zero-order valence-electron chi connectivity index (χ0n) is 16.7. The van der Waals surface area contributed by atoms with Crippen molar-refractivity contribution in [2.75, 3.05) is 13.7 Å². The van der Waals surface area contributed by atoms with Crippen LogP contribution in [0.25, 0.3) is 11.4 Å². The van der Waals surface area contributed by atoms with Crippen molar-refractivity contribution in [1.82, 2.24) is 14.9 Å². The van der Waals surface area contributed by atoms with Gasteiger partial charge in [-0.05, 0) is 30.5 Å². The van der Waals surface area contributed by atoms with Crippen LogP contribution in [0.15, 0.2) is 65.5 Å². The summed E-state index contributed by atoms with van der Waals surface area (Å²) < 4.78 is 6.57. The van der Waals surface area contributed by atoms with Gasteiger partial charge in [-0.2, -0.15) is 0 Å². The first-order chi connectivity index (χ1) is 14.1. The Morgan fingerprint density at radius 2 is 1.83 bits per heavy atom. The van der Waals surface area contributed by atoms with Crippen molar-refractivity contribution >= 4 is 5.91 Å². The summed E-state index contributed by atoms with van der Waals surface area (Å²) in [5, 5.41) is 2.89. The molecule has 3 aromatic rings. The molecular weight excluding hydrogens is 366 g/mol. The molecule has 0 aliphatic carbocycles. The van der Waals surface area contributed by atoms with Gasteiger partial charge in [0.15, 0.2) is 0 Å². The molecular formula is C23H25N3O3.